The van der Waals surface area contributed by atoms with Crippen LogP contribution in [-0.2, 0) is 17.7 Å². The number of nitrogens with one attached hydrogen (secondary N) is 3. The molecule has 0 aliphatic carbocycles. The highest BCUT2D eigenvalue weighted by Crippen LogP contribution is 2.27. The molecule has 1 unspecified atom stereocenters. The number of carbonyl (C=O) groups is 1. The molecule has 188 valence electrons. The van der Waals surface area contributed by atoms with E-state index in [0.29, 0.717) is 37.9 Å². The van der Waals surface area contributed by atoms with Crippen LogP contribution < -0.4 is 16.0 Å². The van der Waals surface area contributed by atoms with Crippen LogP contribution in [0.5, 0.6) is 0 Å². The Bertz CT molecular complexity index is 1040. The topological polar surface area (TPSA) is 91.4 Å². The zero-order valence-electron chi connectivity index (χ0n) is 19.7. The van der Waals surface area contributed by atoms with Crippen LogP contribution in [0.4, 0.5) is 15.1 Å². The second-order valence-corrected chi connectivity index (χ2v) is 9.98. The molecule has 2 atom stereocenters. The van der Waals surface area contributed by atoms with Gasteiger partial charge in [-0.3, -0.25) is 0 Å². The van der Waals surface area contributed by atoms with Crippen LogP contribution in [0.3, 0.4) is 0 Å². The fraction of sp³-hybridized carbons (Fsp3) is 0.560. The molecule has 2 amide bonds. The minimum absolute atomic E-state index is 0.0790. The largest absolute Gasteiger partial charge is 0.381 e. The maximum atomic E-state index is 14.2. The summed E-state index contributed by atoms with van der Waals surface area (Å²) in [6.07, 6.45) is 7.26. The van der Waals surface area contributed by atoms with Crippen molar-refractivity contribution < 1.29 is 13.9 Å². The standard InChI is InChI=1S/C25H32ClFN6O2/c26-20-4-3-16(12-21(20)27)22(13-19-2-1-8-28-19)32-25(34)33-9-5-17-14-29-24(31-23(17)15-33)30-18-6-10-35-11-7-18/h3-4,12,14,18-19,22,28H,1-2,5-11,13,15H2,(H,32,34)(H,29,30,31)/t19-,22?/m1/s1. The van der Waals surface area contributed by atoms with Crippen molar-refractivity contribution in [1.82, 2.24) is 25.5 Å². The van der Waals surface area contributed by atoms with E-state index in [-0.39, 0.29) is 23.1 Å². The predicted octanol–water partition coefficient (Wildman–Crippen LogP) is 3.81. The van der Waals surface area contributed by atoms with Crippen LogP contribution in [0.25, 0.3) is 0 Å². The summed E-state index contributed by atoms with van der Waals surface area (Å²) in [5, 5.41) is 10.1. The quantitative estimate of drug-likeness (QED) is 0.556. The van der Waals surface area contributed by atoms with Gasteiger partial charge < -0.3 is 25.6 Å². The number of nitrogens with zero attached hydrogens (tertiary/aromatic N) is 3. The van der Waals surface area contributed by atoms with E-state index in [1.807, 2.05) is 6.20 Å². The van der Waals surface area contributed by atoms with E-state index in [1.165, 1.54) is 6.07 Å². The molecule has 3 aliphatic rings. The summed E-state index contributed by atoms with van der Waals surface area (Å²) in [4.78, 5) is 24.3. The van der Waals surface area contributed by atoms with E-state index in [4.69, 9.17) is 21.3 Å². The molecule has 0 radical (unpaired) electrons. The second-order valence-electron chi connectivity index (χ2n) is 9.57. The Balaban J connectivity index is 1.27. The van der Waals surface area contributed by atoms with Crippen molar-refractivity contribution in [3.05, 3.63) is 52.1 Å². The maximum absolute atomic E-state index is 14.2. The Morgan fingerprint density at radius 2 is 2.17 bits per heavy atom. The van der Waals surface area contributed by atoms with Crippen LogP contribution in [0.1, 0.15) is 55.0 Å². The summed E-state index contributed by atoms with van der Waals surface area (Å²) >= 11 is 5.90. The normalized spacial score (nSPS) is 21.4. The molecule has 2 saturated heterocycles. The van der Waals surface area contributed by atoms with Gasteiger partial charge in [-0.05, 0) is 68.3 Å². The number of fused-ring (bicyclic) bond motifs is 1. The molecular formula is C25H32ClFN6O2. The molecule has 3 aliphatic heterocycles. The lowest BCUT2D eigenvalue weighted by molar-refractivity contribution is 0.0903. The Hall–Kier alpha value is -2.49. The lowest BCUT2D eigenvalue weighted by atomic mass is 9.98. The number of halogens is 2. The van der Waals surface area contributed by atoms with Crippen molar-refractivity contribution in [3.63, 3.8) is 0 Å². The summed E-state index contributed by atoms with van der Waals surface area (Å²) in [7, 11) is 0. The van der Waals surface area contributed by atoms with Crippen LogP contribution in [-0.4, -0.2) is 59.3 Å². The van der Waals surface area contributed by atoms with Gasteiger partial charge in [-0.2, -0.15) is 0 Å². The minimum atomic E-state index is -0.476. The van der Waals surface area contributed by atoms with Gasteiger partial charge in [-0.1, -0.05) is 17.7 Å². The minimum Gasteiger partial charge on any atom is -0.381 e. The molecule has 8 nitrogen and oxygen atoms in total. The maximum Gasteiger partial charge on any atom is 0.318 e. The van der Waals surface area contributed by atoms with Gasteiger partial charge in [0.15, 0.2) is 0 Å². The predicted molar refractivity (Wildman–Crippen MR) is 132 cm³/mol. The number of carbonyl (C=O) groups excluding carboxylic acids is 1. The number of aromatic nitrogens is 2. The third-order valence-electron chi connectivity index (χ3n) is 7.11. The first-order chi connectivity index (χ1) is 17.0. The molecule has 35 heavy (non-hydrogen) atoms. The van der Waals surface area contributed by atoms with Crippen LogP contribution in [0, 0.1) is 5.82 Å². The Kier molecular flexibility index (Phi) is 7.65. The summed E-state index contributed by atoms with van der Waals surface area (Å²) in [5.74, 6) is 0.121. The van der Waals surface area contributed by atoms with Crippen molar-refractivity contribution in [1.29, 1.82) is 0 Å². The molecule has 1 aromatic heterocycles. The zero-order valence-corrected chi connectivity index (χ0v) is 20.5. The average molecular weight is 503 g/mol. The molecule has 0 saturated carbocycles. The molecule has 1 aromatic carbocycles. The summed E-state index contributed by atoms with van der Waals surface area (Å²) < 4.78 is 19.6. The van der Waals surface area contributed by atoms with Crippen molar-refractivity contribution in [2.45, 2.75) is 63.2 Å². The van der Waals surface area contributed by atoms with E-state index in [2.05, 4.69) is 20.9 Å². The Labute approximate surface area is 210 Å². The van der Waals surface area contributed by atoms with Crippen LogP contribution in [0.2, 0.25) is 5.02 Å². The molecule has 10 heteroatoms. The molecule has 0 spiro atoms. The van der Waals surface area contributed by atoms with Gasteiger partial charge in [0.05, 0.1) is 23.3 Å². The number of hydrogen-bond acceptors (Lipinski definition) is 6. The Morgan fingerprint density at radius 3 is 2.94 bits per heavy atom. The number of amides is 2. The van der Waals surface area contributed by atoms with Gasteiger partial charge in [-0.25, -0.2) is 19.2 Å². The molecule has 2 aromatic rings. The summed E-state index contributed by atoms with van der Waals surface area (Å²) in [6, 6.07) is 4.86. The van der Waals surface area contributed by atoms with E-state index >= 15 is 0 Å². The van der Waals surface area contributed by atoms with Crippen molar-refractivity contribution in [2.75, 3.05) is 31.6 Å². The SMILES string of the molecule is O=C(NC(C[C@H]1CCCN1)c1ccc(Cl)c(F)c1)N1CCc2cnc(NC3CCOCC3)nc2C1. The van der Waals surface area contributed by atoms with Crippen LogP contribution >= 0.6 is 11.6 Å². The zero-order chi connectivity index (χ0) is 24.2. The highest BCUT2D eigenvalue weighted by Gasteiger charge is 2.28. The second kappa shape index (κ2) is 11.1. The van der Waals surface area contributed by atoms with Crippen LogP contribution in [0.15, 0.2) is 24.4 Å². The lowest BCUT2D eigenvalue weighted by Gasteiger charge is -2.31. The van der Waals surface area contributed by atoms with Crippen molar-refractivity contribution >= 4 is 23.6 Å². The fourth-order valence-corrected chi connectivity index (χ4v) is 5.18. The molecule has 2 fully saturated rings. The third kappa shape index (κ3) is 6.02. The van der Waals surface area contributed by atoms with E-state index < -0.39 is 5.82 Å². The van der Waals surface area contributed by atoms with Crippen molar-refractivity contribution in [3.8, 4) is 0 Å². The number of hydrogen-bond donors (Lipinski definition) is 3. The van der Waals surface area contributed by atoms with Gasteiger partial charge in [0, 0.05) is 38.0 Å². The van der Waals surface area contributed by atoms with Gasteiger partial charge in [0.2, 0.25) is 5.95 Å². The number of urea groups is 1. The molecule has 4 heterocycles. The van der Waals surface area contributed by atoms with Gasteiger partial charge in [-0.15, -0.1) is 0 Å². The molecule has 3 N–H and O–H groups in total. The first-order valence-electron chi connectivity index (χ1n) is 12.5. The first-order valence-corrected chi connectivity index (χ1v) is 12.9. The molecule has 0 bridgehead atoms. The number of benzene rings is 1. The molecular weight excluding hydrogens is 471 g/mol. The van der Waals surface area contributed by atoms with E-state index in [1.54, 1.807) is 17.0 Å². The molecule has 5 rings (SSSR count). The van der Waals surface area contributed by atoms with E-state index in [0.717, 1.165) is 62.3 Å². The van der Waals surface area contributed by atoms with E-state index in [9.17, 15) is 9.18 Å². The first kappa shape index (κ1) is 24.2. The van der Waals surface area contributed by atoms with Crippen molar-refractivity contribution in [2.24, 2.45) is 0 Å². The Morgan fingerprint density at radius 1 is 1.31 bits per heavy atom. The van der Waals surface area contributed by atoms with Gasteiger partial charge in [0.1, 0.15) is 5.82 Å². The average Bonchev–Trinajstić information content (AvgIpc) is 3.39. The number of anilines is 1. The van der Waals surface area contributed by atoms with Gasteiger partial charge >= 0.3 is 6.03 Å². The van der Waals surface area contributed by atoms with Gasteiger partial charge in [0.25, 0.3) is 0 Å². The third-order valence-corrected chi connectivity index (χ3v) is 7.42. The number of ether oxygens (including phenoxy) is 1. The summed E-state index contributed by atoms with van der Waals surface area (Å²) in [6.45, 7) is 3.44. The smallest absolute Gasteiger partial charge is 0.318 e. The monoisotopic (exact) mass is 502 g/mol. The fourth-order valence-electron chi connectivity index (χ4n) is 5.06. The number of rotatable bonds is 6. The lowest BCUT2D eigenvalue weighted by Crippen LogP contribution is -2.45. The summed E-state index contributed by atoms with van der Waals surface area (Å²) in [5.41, 5.74) is 2.65. The highest BCUT2D eigenvalue weighted by atomic mass is 35.5. The highest BCUT2D eigenvalue weighted by molar-refractivity contribution is 6.30.